The van der Waals surface area contributed by atoms with Gasteiger partial charge in [-0.25, -0.2) is 0 Å². The van der Waals surface area contributed by atoms with Crippen LogP contribution in [0.25, 0.3) is 0 Å². The Labute approximate surface area is 79.3 Å². The molecule has 13 heavy (non-hydrogen) atoms. The first-order chi connectivity index (χ1) is 6.29. The number of hydrogen-bond donors (Lipinski definition) is 0. The molecular weight excluding hydrogens is 164 g/mol. The van der Waals surface area contributed by atoms with Gasteiger partial charge in [0.05, 0.1) is 6.07 Å². The molecule has 0 aromatic carbocycles. The van der Waals surface area contributed by atoms with Gasteiger partial charge in [0.2, 0.25) is 5.91 Å². The van der Waals surface area contributed by atoms with E-state index in [9.17, 15) is 4.79 Å². The van der Waals surface area contributed by atoms with Crippen molar-refractivity contribution < 1.29 is 4.79 Å². The van der Waals surface area contributed by atoms with Crippen molar-refractivity contribution >= 4 is 5.91 Å². The number of hydrogen-bond acceptors (Lipinski definition) is 2. The summed E-state index contributed by atoms with van der Waals surface area (Å²) in [5.41, 5.74) is 0. The zero-order valence-electron chi connectivity index (χ0n) is 8.12. The van der Waals surface area contributed by atoms with Gasteiger partial charge >= 0.3 is 0 Å². The fraction of sp³-hybridized carbons (Fsp3) is 0.800. The van der Waals surface area contributed by atoms with Crippen LogP contribution in [0.5, 0.6) is 0 Å². The lowest BCUT2D eigenvalue weighted by molar-refractivity contribution is -0.137. The van der Waals surface area contributed by atoms with E-state index in [1.807, 2.05) is 13.0 Å². The predicted octanol–water partition coefficient (Wildman–Crippen LogP) is 1.55. The fourth-order valence-electron chi connectivity index (χ4n) is 1.54. The molecule has 0 N–H and O–H groups in total. The Morgan fingerprint density at radius 2 is 2.31 bits per heavy atom. The lowest BCUT2D eigenvalue weighted by Crippen LogP contribution is -2.39. The molecule has 0 unspecified atom stereocenters. The van der Waals surface area contributed by atoms with E-state index in [4.69, 9.17) is 5.26 Å². The van der Waals surface area contributed by atoms with Crippen LogP contribution in [0.15, 0.2) is 0 Å². The quantitative estimate of drug-likeness (QED) is 0.616. The van der Waals surface area contributed by atoms with Crippen molar-refractivity contribution in [1.82, 2.24) is 4.90 Å². The van der Waals surface area contributed by atoms with E-state index in [0.717, 1.165) is 25.8 Å². The van der Waals surface area contributed by atoms with Crippen LogP contribution in [0.1, 0.15) is 32.6 Å². The maximum Gasteiger partial charge on any atom is 0.226 e. The SMILES string of the molecule is CCCN(CC#N)C(=O)C1CCC1. The molecule has 0 bridgehead atoms. The Balaban J connectivity index is 2.42. The van der Waals surface area contributed by atoms with Gasteiger partial charge in [0, 0.05) is 12.5 Å². The van der Waals surface area contributed by atoms with Crippen molar-refractivity contribution in [1.29, 1.82) is 5.26 Å². The van der Waals surface area contributed by atoms with Gasteiger partial charge in [-0.3, -0.25) is 4.79 Å². The Kier molecular flexibility index (Phi) is 3.75. The van der Waals surface area contributed by atoms with Gasteiger partial charge < -0.3 is 4.90 Å². The van der Waals surface area contributed by atoms with E-state index in [1.165, 1.54) is 6.42 Å². The summed E-state index contributed by atoms with van der Waals surface area (Å²) in [4.78, 5) is 13.4. The van der Waals surface area contributed by atoms with Gasteiger partial charge in [0.25, 0.3) is 0 Å². The lowest BCUT2D eigenvalue weighted by Gasteiger charge is -2.30. The average Bonchev–Trinajstić information content (AvgIpc) is 2.01. The second-order valence-electron chi connectivity index (χ2n) is 3.55. The average molecular weight is 180 g/mol. The molecule has 3 nitrogen and oxygen atoms in total. The highest BCUT2D eigenvalue weighted by atomic mass is 16.2. The van der Waals surface area contributed by atoms with Gasteiger partial charge in [-0.15, -0.1) is 0 Å². The topological polar surface area (TPSA) is 44.1 Å². The minimum absolute atomic E-state index is 0.189. The molecule has 0 aliphatic heterocycles. The van der Waals surface area contributed by atoms with E-state index in [-0.39, 0.29) is 18.4 Å². The molecule has 1 aliphatic carbocycles. The van der Waals surface area contributed by atoms with E-state index < -0.39 is 0 Å². The first-order valence-electron chi connectivity index (χ1n) is 4.95. The van der Waals surface area contributed by atoms with Crippen molar-refractivity contribution in [2.75, 3.05) is 13.1 Å². The molecule has 1 rings (SSSR count). The summed E-state index contributed by atoms with van der Waals surface area (Å²) in [6, 6.07) is 2.04. The fourth-order valence-corrected chi connectivity index (χ4v) is 1.54. The highest BCUT2D eigenvalue weighted by Gasteiger charge is 2.28. The largest absolute Gasteiger partial charge is 0.329 e. The molecule has 0 aromatic rings. The molecular formula is C10H16N2O. The standard InChI is InChI=1S/C10H16N2O/c1-2-7-12(8-6-11)10(13)9-4-3-5-9/h9H,2-5,7-8H2,1H3. The summed E-state index contributed by atoms with van der Waals surface area (Å²) < 4.78 is 0. The summed E-state index contributed by atoms with van der Waals surface area (Å²) in [5, 5.41) is 8.54. The maximum atomic E-state index is 11.7. The molecule has 0 spiro atoms. The number of carbonyl (C=O) groups is 1. The number of nitriles is 1. The van der Waals surface area contributed by atoms with Crippen molar-refractivity contribution in [3.8, 4) is 6.07 Å². The van der Waals surface area contributed by atoms with Gasteiger partial charge in [-0.1, -0.05) is 13.3 Å². The molecule has 1 saturated carbocycles. The summed E-state index contributed by atoms with van der Waals surface area (Å²) in [7, 11) is 0. The molecule has 1 aliphatic rings. The number of carbonyl (C=O) groups excluding carboxylic acids is 1. The molecule has 1 fully saturated rings. The highest BCUT2D eigenvalue weighted by molar-refractivity contribution is 5.79. The van der Waals surface area contributed by atoms with E-state index in [1.54, 1.807) is 4.90 Å². The zero-order chi connectivity index (χ0) is 9.68. The van der Waals surface area contributed by atoms with E-state index in [0.29, 0.717) is 0 Å². The summed E-state index contributed by atoms with van der Waals surface area (Å²) in [6.07, 6.45) is 4.14. The molecule has 3 heteroatoms. The van der Waals surface area contributed by atoms with Crippen LogP contribution in [0.3, 0.4) is 0 Å². The van der Waals surface area contributed by atoms with Crippen molar-refractivity contribution in [2.24, 2.45) is 5.92 Å². The Hall–Kier alpha value is -1.04. The maximum absolute atomic E-state index is 11.7. The molecule has 0 aromatic heterocycles. The number of nitrogens with zero attached hydrogens (tertiary/aromatic N) is 2. The Bertz CT molecular complexity index is 215. The number of amides is 1. The van der Waals surface area contributed by atoms with Gasteiger partial charge in [-0.2, -0.15) is 5.26 Å². The third kappa shape index (κ3) is 2.45. The van der Waals surface area contributed by atoms with Crippen LogP contribution in [-0.4, -0.2) is 23.9 Å². The first kappa shape index (κ1) is 10.0. The van der Waals surface area contributed by atoms with Crippen molar-refractivity contribution in [2.45, 2.75) is 32.6 Å². The van der Waals surface area contributed by atoms with Crippen LogP contribution in [0, 0.1) is 17.2 Å². The minimum Gasteiger partial charge on any atom is -0.329 e. The van der Waals surface area contributed by atoms with Crippen LogP contribution in [0.4, 0.5) is 0 Å². The smallest absolute Gasteiger partial charge is 0.226 e. The van der Waals surface area contributed by atoms with Crippen molar-refractivity contribution in [3.63, 3.8) is 0 Å². The summed E-state index contributed by atoms with van der Waals surface area (Å²) in [6.45, 7) is 3.00. The van der Waals surface area contributed by atoms with Gasteiger partial charge in [0.15, 0.2) is 0 Å². The third-order valence-electron chi connectivity index (χ3n) is 2.52. The van der Waals surface area contributed by atoms with Crippen LogP contribution in [-0.2, 0) is 4.79 Å². The molecule has 0 atom stereocenters. The highest BCUT2D eigenvalue weighted by Crippen LogP contribution is 2.28. The van der Waals surface area contributed by atoms with E-state index >= 15 is 0 Å². The first-order valence-corrected chi connectivity index (χ1v) is 4.95. The molecule has 0 heterocycles. The molecule has 1 amide bonds. The molecule has 72 valence electrons. The Morgan fingerprint density at radius 1 is 1.62 bits per heavy atom. The van der Waals surface area contributed by atoms with Crippen LogP contribution < -0.4 is 0 Å². The van der Waals surface area contributed by atoms with Gasteiger partial charge in [-0.05, 0) is 19.3 Å². The molecule has 0 radical (unpaired) electrons. The number of rotatable bonds is 4. The zero-order valence-corrected chi connectivity index (χ0v) is 8.12. The summed E-state index contributed by atoms with van der Waals surface area (Å²) in [5.74, 6) is 0.412. The van der Waals surface area contributed by atoms with Gasteiger partial charge in [0.1, 0.15) is 6.54 Å². The lowest BCUT2D eigenvalue weighted by atomic mass is 9.84. The Morgan fingerprint density at radius 3 is 2.69 bits per heavy atom. The van der Waals surface area contributed by atoms with Crippen LogP contribution >= 0.6 is 0 Å². The van der Waals surface area contributed by atoms with E-state index in [2.05, 4.69) is 0 Å². The van der Waals surface area contributed by atoms with Crippen LogP contribution in [0.2, 0.25) is 0 Å². The minimum atomic E-state index is 0.189. The second kappa shape index (κ2) is 4.86. The summed E-state index contributed by atoms with van der Waals surface area (Å²) >= 11 is 0. The van der Waals surface area contributed by atoms with Crippen molar-refractivity contribution in [3.05, 3.63) is 0 Å². The second-order valence-corrected chi connectivity index (χ2v) is 3.55. The normalized spacial score (nSPS) is 16.0. The molecule has 0 saturated heterocycles. The monoisotopic (exact) mass is 180 g/mol. The predicted molar refractivity (Wildman–Crippen MR) is 49.8 cm³/mol. The third-order valence-corrected chi connectivity index (χ3v) is 2.52.